The van der Waals surface area contributed by atoms with Gasteiger partial charge in [0.15, 0.2) is 0 Å². The van der Waals surface area contributed by atoms with Crippen LogP contribution in [0.1, 0.15) is 29.4 Å². The molecule has 3 aromatic carbocycles. The van der Waals surface area contributed by atoms with E-state index in [9.17, 15) is 30.3 Å². The van der Waals surface area contributed by atoms with Crippen LogP contribution >= 0.6 is 0 Å². The molecule has 11 nitrogen and oxygen atoms in total. The van der Waals surface area contributed by atoms with Crippen LogP contribution in [-0.2, 0) is 11.2 Å². The Kier molecular flexibility index (Phi) is 8.24. The third kappa shape index (κ3) is 6.29. The lowest BCUT2D eigenvalue weighted by atomic mass is 10.1. The molecule has 4 rings (SSSR count). The first-order valence-corrected chi connectivity index (χ1v) is 12.5. The SMILES string of the molecule is CCc1ccc(NC(=O)/C(C#N)=C\c2cc(C)n(-c3ccc(Oc4ccc([N+](=O)[O-])cc4[N+](=O)[O-])cc3)c2C)cc1. The maximum absolute atomic E-state index is 12.8. The molecule has 0 saturated carbocycles. The molecule has 11 heteroatoms. The average Bonchev–Trinajstić information content (AvgIpc) is 3.24. The van der Waals surface area contributed by atoms with E-state index in [-0.39, 0.29) is 11.3 Å². The number of aryl methyl sites for hydroxylation is 2. The zero-order valence-corrected chi connectivity index (χ0v) is 22.5. The normalized spacial score (nSPS) is 11.0. The summed E-state index contributed by atoms with van der Waals surface area (Å²) in [4.78, 5) is 33.7. The standard InChI is InChI=1S/C30H25N5O6/c1-4-21-5-7-24(8-6-21)32-30(36)23(18-31)16-22-15-19(2)33(20(22)3)25-9-12-27(13-10-25)41-29-14-11-26(34(37)38)17-28(29)35(39)40/h5-17H,4H2,1-3H3,(H,32,36)/b23-16-. The van der Waals surface area contributed by atoms with Crippen LogP contribution in [0.5, 0.6) is 11.5 Å². The van der Waals surface area contributed by atoms with Crippen molar-refractivity contribution in [2.45, 2.75) is 27.2 Å². The van der Waals surface area contributed by atoms with Gasteiger partial charge in [0, 0.05) is 28.8 Å². The Morgan fingerprint density at radius 1 is 1.00 bits per heavy atom. The van der Waals surface area contributed by atoms with Crippen LogP contribution in [0.2, 0.25) is 0 Å². The van der Waals surface area contributed by atoms with Crippen molar-refractivity contribution in [3.05, 3.63) is 121 Å². The molecule has 206 valence electrons. The highest BCUT2D eigenvalue weighted by atomic mass is 16.6. The number of nitro benzene ring substituents is 2. The lowest BCUT2D eigenvalue weighted by Gasteiger charge is -2.11. The monoisotopic (exact) mass is 551 g/mol. The second-order valence-corrected chi connectivity index (χ2v) is 9.10. The highest BCUT2D eigenvalue weighted by Crippen LogP contribution is 2.35. The third-order valence-electron chi connectivity index (χ3n) is 6.43. The second-order valence-electron chi connectivity index (χ2n) is 9.10. The van der Waals surface area contributed by atoms with Crippen LogP contribution in [0, 0.1) is 45.4 Å². The van der Waals surface area contributed by atoms with E-state index in [0.29, 0.717) is 17.0 Å². The zero-order chi connectivity index (χ0) is 29.7. The third-order valence-corrected chi connectivity index (χ3v) is 6.43. The van der Waals surface area contributed by atoms with Crippen LogP contribution in [0.25, 0.3) is 11.8 Å². The lowest BCUT2D eigenvalue weighted by Crippen LogP contribution is -2.13. The molecule has 0 atom stereocenters. The molecular formula is C30H25N5O6. The Hall–Kier alpha value is -5.76. The fourth-order valence-corrected chi connectivity index (χ4v) is 4.30. The van der Waals surface area contributed by atoms with E-state index in [2.05, 4.69) is 5.32 Å². The number of anilines is 1. The molecule has 1 heterocycles. The number of ether oxygens (including phenoxy) is 1. The summed E-state index contributed by atoms with van der Waals surface area (Å²) in [6.45, 7) is 5.79. The average molecular weight is 552 g/mol. The summed E-state index contributed by atoms with van der Waals surface area (Å²) in [6, 6.07) is 21.2. The van der Waals surface area contributed by atoms with E-state index in [0.717, 1.165) is 41.2 Å². The maximum atomic E-state index is 12.8. The summed E-state index contributed by atoms with van der Waals surface area (Å²) in [5.74, 6) is -0.343. The quantitative estimate of drug-likeness (QED) is 0.104. The van der Waals surface area contributed by atoms with Crippen molar-refractivity contribution >= 4 is 29.0 Å². The summed E-state index contributed by atoms with van der Waals surface area (Å²) in [5, 5.41) is 34.8. The lowest BCUT2D eigenvalue weighted by molar-refractivity contribution is -0.394. The number of non-ortho nitro benzene ring substituents is 1. The van der Waals surface area contributed by atoms with E-state index in [1.807, 2.05) is 49.6 Å². The van der Waals surface area contributed by atoms with Crippen molar-refractivity contribution in [3.8, 4) is 23.3 Å². The van der Waals surface area contributed by atoms with Crippen LogP contribution in [0.15, 0.2) is 78.4 Å². The number of benzene rings is 3. The van der Waals surface area contributed by atoms with Crippen LogP contribution in [-0.4, -0.2) is 20.3 Å². The number of hydrogen-bond acceptors (Lipinski definition) is 7. The first-order chi connectivity index (χ1) is 19.6. The van der Waals surface area contributed by atoms with Gasteiger partial charge in [-0.2, -0.15) is 5.26 Å². The number of carbonyl (C=O) groups excluding carboxylic acids is 1. The number of rotatable bonds is 9. The number of nitrogens with zero attached hydrogens (tertiary/aromatic N) is 4. The number of carbonyl (C=O) groups is 1. The predicted octanol–water partition coefficient (Wildman–Crippen LogP) is 6.81. The van der Waals surface area contributed by atoms with Crippen LogP contribution in [0.3, 0.4) is 0 Å². The number of aromatic nitrogens is 1. The van der Waals surface area contributed by atoms with Crippen molar-refractivity contribution in [1.29, 1.82) is 5.26 Å². The molecule has 0 spiro atoms. The minimum absolute atomic E-state index is 0.0433. The smallest absolute Gasteiger partial charge is 0.318 e. The van der Waals surface area contributed by atoms with Gasteiger partial charge in [-0.15, -0.1) is 0 Å². The van der Waals surface area contributed by atoms with Gasteiger partial charge in [0.25, 0.3) is 11.6 Å². The highest BCUT2D eigenvalue weighted by Gasteiger charge is 2.21. The Balaban J connectivity index is 1.56. The van der Waals surface area contributed by atoms with Crippen molar-refractivity contribution in [3.63, 3.8) is 0 Å². The Bertz CT molecular complexity index is 1710. The molecule has 1 amide bonds. The summed E-state index contributed by atoms with van der Waals surface area (Å²) >= 11 is 0. The fourth-order valence-electron chi connectivity index (χ4n) is 4.30. The summed E-state index contributed by atoms with van der Waals surface area (Å²) < 4.78 is 7.58. The van der Waals surface area contributed by atoms with Crippen LogP contribution in [0.4, 0.5) is 17.1 Å². The van der Waals surface area contributed by atoms with Gasteiger partial charge in [0.05, 0.1) is 15.9 Å². The molecule has 0 aliphatic heterocycles. The van der Waals surface area contributed by atoms with Gasteiger partial charge in [-0.05, 0) is 86.0 Å². The molecular weight excluding hydrogens is 526 g/mol. The van der Waals surface area contributed by atoms with E-state index >= 15 is 0 Å². The first-order valence-electron chi connectivity index (χ1n) is 12.5. The molecule has 0 saturated heterocycles. The Morgan fingerprint density at radius 2 is 1.68 bits per heavy atom. The number of amides is 1. The van der Waals surface area contributed by atoms with Gasteiger partial charge < -0.3 is 14.6 Å². The van der Waals surface area contributed by atoms with Gasteiger partial charge in [-0.3, -0.25) is 25.0 Å². The van der Waals surface area contributed by atoms with E-state index in [1.165, 1.54) is 6.07 Å². The molecule has 4 aromatic rings. The molecule has 1 N–H and O–H groups in total. The molecule has 0 bridgehead atoms. The van der Waals surface area contributed by atoms with E-state index in [1.54, 1.807) is 42.5 Å². The molecule has 0 radical (unpaired) electrons. The second kappa shape index (κ2) is 12.0. The molecule has 0 unspecified atom stereocenters. The molecule has 0 aliphatic rings. The van der Waals surface area contributed by atoms with Crippen molar-refractivity contribution in [2.75, 3.05) is 5.32 Å². The number of nitrogens with one attached hydrogen (secondary N) is 1. The number of nitriles is 1. The molecule has 0 aliphatic carbocycles. The van der Waals surface area contributed by atoms with Gasteiger partial charge in [-0.25, -0.2) is 0 Å². The Morgan fingerprint density at radius 3 is 2.27 bits per heavy atom. The fraction of sp³-hybridized carbons (Fsp3) is 0.133. The number of nitro groups is 2. The first kappa shape index (κ1) is 28.3. The van der Waals surface area contributed by atoms with Crippen molar-refractivity contribution in [2.24, 2.45) is 0 Å². The van der Waals surface area contributed by atoms with Crippen molar-refractivity contribution < 1.29 is 19.4 Å². The molecule has 41 heavy (non-hydrogen) atoms. The van der Waals surface area contributed by atoms with Crippen LogP contribution < -0.4 is 10.1 Å². The van der Waals surface area contributed by atoms with E-state index < -0.39 is 27.1 Å². The molecule has 1 aromatic heterocycles. The van der Waals surface area contributed by atoms with Gasteiger partial charge >= 0.3 is 5.69 Å². The van der Waals surface area contributed by atoms with Gasteiger partial charge in [0.1, 0.15) is 17.4 Å². The van der Waals surface area contributed by atoms with Crippen molar-refractivity contribution in [1.82, 2.24) is 4.57 Å². The largest absolute Gasteiger partial charge is 0.450 e. The highest BCUT2D eigenvalue weighted by molar-refractivity contribution is 6.09. The minimum atomic E-state index is -0.740. The summed E-state index contributed by atoms with van der Waals surface area (Å²) in [6.07, 6.45) is 2.42. The summed E-state index contributed by atoms with van der Waals surface area (Å²) in [7, 11) is 0. The van der Waals surface area contributed by atoms with Gasteiger partial charge in [0.2, 0.25) is 5.75 Å². The maximum Gasteiger partial charge on any atom is 0.318 e. The molecule has 0 fully saturated rings. The van der Waals surface area contributed by atoms with E-state index in [4.69, 9.17) is 4.74 Å². The minimum Gasteiger partial charge on any atom is -0.450 e. The number of hydrogen-bond donors (Lipinski definition) is 1. The predicted molar refractivity (Wildman–Crippen MR) is 153 cm³/mol. The zero-order valence-electron chi connectivity index (χ0n) is 22.5. The van der Waals surface area contributed by atoms with Gasteiger partial charge in [-0.1, -0.05) is 19.1 Å². The topological polar surface area (TPSA) is 153 Å². The Labute approximate surface area is 235 Å². The summed E-state index contributed by atoms with van der Waals surface area (Å²) in [5.41, 5.74) is 3.84.